The van der Waals surface area contributed by atoms with E-state index in [4.69, 9.17) is 0 Å². The number of carbonyl (C=O) groups is 1. The third kappa shape index (κ3) is 4.07. The van der Waals surface area contributed by atoms with Gasteiger partial charge < -0.3 is 10.4 Å². The molecule has 1 heterocycles. The smallest absolute Gasteiger partial charge is 0.326 e. The maximum absolute atomic E-state index is 11.4. The minimum atomic E-state index is -0.860. The summed E-state index contributed by atoms with van der Waals surface area (Å²) < 4.78 is 0. The van der Waals surface area contributed by atoms with Gasteiger partial charge in [0.1, 0.15) is 11.9 Å². The first-order valence-electron chi connectivity index (χ1n) is 6.92. The Kier molecular flexibility index (Phi) is 5.38. The molecule has 112 valence electrons. The third-order valence-corrected chi connectivity index (χ3v) is 4.04. The van der Waals surface area contributed by atoms with Gasteiger partial charge in [-0.1, -0.05) is 19.1 Å². The molecule has 1 aromatic carbocycles. The van der Waals surface area contributed by atoms with Crippen LogP contribution in [0.3, 0.4) is 0 Å². The van der Waals surface area contributed by atoms with Crippen molar-refractivity contribution >= 4 is 34.6 Å². The van der Waals surface area contributed by atoms with Gasteiger partial charge in [0.2, 0.25) is 0 Å². The molecule has 0 aliphatic carbocycles. The largest absolute Gasteiger partial charge is 0.480 e. The van der Waals surface area contributed by atoms with Crippen LogP contribution >= 0.6 is 11.8 Å². The number of para-hydroxylation sites is 2. The number of hydrogen-bond donors (Lipinski definition) is 2. The molecule has 2 rings (SSSR count). The molecular formula is C15H19N3O2S. The Labute approximate surface area is 128 Å². The number of rotatable bonds is 7. The first-order chi connectivity index (χ1) is 10.1. The second-order valence-electron chi connectivity index (χ2n) is 4.67. The van der Waals surface area contributed by atoms with Gasteiger partial charge in [0.05, 0.1) is 16.7 Å². The minimum absolute atomic E-state index is 0.544. The van der Waals surface area contributed by atoms with Crippen molar-refractivity contribution < 1.29 is 9.90 Å². The van der Waals surface area contributed by atoms with E-state index in [0.717, 1.165) is 22.5 Å². The molecule has 5 nitrogen and oxygen atoms in total. The maximum Gasteiger partial charge on any atom is 0.326 e. The van der Waals surface area contributed by atoms with Crippen molar-refractivity contribution in [2.45, 2.75) is 26.3 Å². The van der Waals surface area contributed by atoms with E-state index in [-0.39, 0.29) is 0 Å². The standard InChI is InChI=1S/C15H19N3O2S/c1-3-21-9-8-13(15(19)20)18-14-10(2)16-11-6-4-5-7-12(11)17-14/h4-7,13H,3,8-9H2,1-2H3,(H,17,18)(H,19,20). The van der Waals surface area contributed by atoms with Gasteiger partial charge in [-0.3, -0.25) is 0 Å². The number of aliphatic carboxylic acids is 1. The highest BCUT2D eigenvalue weighted by atomic mass is 32.2. The highest BCUT2D eigenvalue weighted by Gasteiger charge is 2.18. The van der Waals surface area contributed by atoms with Crippen molar-refractivity contribution in [3.8, 4) is 0 Å². The van der Waals surface area contributed by atoms with Gasteiger partial charge in [0.25, 0.3) is 0 Å². The Hall–Kier alpha value is -1.82. The SMILES string of the molecule is CCSCCC(Nc1nc2ccccc2nc1C)C(=O)O. The van der Waals surface area contributed by atoms with Gasteiger partial charge in [0.15, 0.2) is 0 Å². The number of carboxylic acid groups (broad SMARTS) is 1. The van der Waals surface area contributed by atoms with Crippen LogP contribution in [0.15, 0.2) is 24.3 Å². The van der Waals surface area contributed by atoms with E-state index < -0.39 is 12.0 Å². The quantitative estimate of drug-likeness (QED) is 0.766. The highest BCUT2D eigenvalue weighted by molar-refractivity contribution is 7.99. The summed E-state index contributed by atoms with van der Waals surface area (Å²) in [5.74, 6) is 1.48. The average molecular weight is 305 g/mol. The summed E-state index contributed by atoms with van der Waals surface area (Å²) in [4.78, 5) is 20.3. The lowest BCUT2D eigenvalue weighted by Crippen LogP contribution is -2.30. The fourth-order valence-corrected chi connectivity index (χ4v) is 2.68. The van der Waals surface area contributed by atoms with Crippen LogP contribution < -0.4 is 5.32 Å². The molecule has 2 N–H and O–H groups in total. The van der Waals surface area contributed by atoms with E-state index in [2.05, 4.69) is 22.2 Å². The van der Waals surface area contributed by atoms with Crippen molar-refractivity contribution in [1.82, 2.24) is 9.97 Å². The lowest BCUT2D eigenvalue weighted by Gasteiger charge is -2.16. The molecule has 0 aliphatic heterocycles. The number of anilines is 1. The Morgan fingerprint density at radius 1 is 1.33 bits per heavy atom. The molecular weight excluding hydrogens is 286 g/mol. The van der Waals surface area contributed by atoms with Crippen molar-refractivity contribution in [3.63, 3.8) is 0 Å². The molecule has 1 atom stereocenters. The fraction of sp³-hybridized carbons (Fsp3) is 0.400. The molecule has 21 heavy (non-hydrogen) atoms. The van der Waals surface area contributed by atoms with Gasteiger partial charge in [-0.2, -0.15) is 11.8 Å². The summed E-state index contributed by atoms with van der Waals surface area (Å²) in [6, 6.07) is 6.92. The first kappa shape index (κ1) is 15.6. The molecule has 0 fully saturated rings. The average Bonchev–Trinajstić information content (AvgIpc) is 2.46. The van der Waals surface area contributed by atoms with Crippen LogP contribution in [0.25, 0.3) is 11.0 Å². The second kappa shape index (κ2) is 7.26. The molecule has 0 amide bonds. The van der Waals surface area contributed by atoms with Crippen LogP contribution in [0.5, 0.6) is 0 Å². The predicted molar refractivity (Wildman–Crippen MR) is 86.9 cm³/mol. The number of aryl methyl sites for hydroxylation is 1. The lowest BCUT2D eigenvalue weighted by atomic mass is 10.2. The van der Waals surface area contributed by atoms with E-state index in [1.807, 2.05) is 31.2 Å². The Bertz CT molecular complexity index is 633. The van der Waals surface area contributed by atoms with E-state index in [9.17, 15) is 9.90 Å². The molecule has 1 unspecified atom stereocenters. The van der Waals surface area contributed by atoms with Crippen molar-refractivity contribution in [3.05, 3.63) is 30.0 Å². The van der Waals surface area contributed by atoms with Gasteiger partial charge in [-0.05, 0) is 37.0 Å². The summed E-state index contributed by atoms with van der Waals surface area (Å²) in [7, 11) is 0. The molecule has 1 aromatic heterocycles. The number of thioether (sulfide) groups is 1. The van der Waals surface area contributed by atoms with Crippen LogP contribution in [0.2, 0.25) is 0 Å². The zero-order valence-electron chi connectivity index (χ0n) is 12.2. The zero-order chi connectivity index (χ0) is 15.2. The van der Waals surface area contributed by atoms with Gasteiger partial charge in [0, 0.05) is 0 Å². The number of benzene rings is 1. The minimum Gasteiger partial charge on any atom is -0.480 e. The van der Waals surface area contributed by atoms with Crippen LogP contribution in [0.4, 0.5) is 5.82 Å². The van der Waals surface area contributed by atoms with E-state index >= 15 is 0 Å². The van der Waals surface area contributed by atoms with Crippen molar-refractivity contribution in [2.75, 3.05) is 16.8 Å². The van der Waals surface area contributed by atoms with Crippen LogP contribution in [0, 0.1) is 6.92 Å². The molecule has 0 saturated heterocycles. The molecule has 6 heteroatoms. The molecule has 2 aromatic rings. The summed E-state index contributed by atoms with van der Waals surface area (Å²) >= 11 is 1.73. The van der Waals surface area contributed by atoms with Gasteiger partial charge >= 0.3 is 5.97 Å². The Balaban J connectivity index is 2.19. The van der Waals surface area contributed by atoms with Crippen LogP contribution in [-0.2, 0) is 4.79 Å². The Morgan fingerprint density at radius 2 is 2.00 bits per heavy atom. The van der Waals surface area contributed by atoms with Crippen LogP contribution in [0.1, 0.15) is 19.0 Å². The van der Waals surface area contributed by atoms with E-state index in [0.29, 0.717) is 17.9 Å². The topological polar surface area (TPSA) is 75.1 Å². The van der Waals surface area contributed by atoms with Gasteiger partial charge in [-0.25, -0.2) is 14.8 Å². The van der Waals surface area contributed by atoms with Gasteiger partial charge in [-0.15, -0.1) is 0 Å². The van der Waals surface area contributed by atoms with Crippen molar-refractivity contribution in [2.24, 2.45) is 0 Å². The summed E-state index contributed by atoms with van der Waals surface area (Å²) in [5, 5.41) is 12.3. The number of fused-ring (bicyclic) bond motifs is 1. The van der Waals surface area contributed by atoms with Crippen molar-refractivity contribution in [1.29, 1.82) is 0 Å². The zero-order valence-corrected chi connectivity index (χ0v) is 13.0. The molecule has 0 saturated carbocycles. The number of hydrogen-bond acceptors (Lipinski definition) is 5. The lowest BCUT2D eigenvalue weighted by molar-refractivity contribution is -0.137. The second-order valence-corrected chi connectivity index (χ2v) is 6.06. The summed E-state index contributed by atoms with van der Waals surface area (Å²) in [5.41, 5.74) is 2.29. The highest BCUT2D eigenvalue weighted by Crippen LogP contribution is 2.18. The number of nitrogens with one attached hydrogen (secondary N) is 1. The summed E-state index contributed by atoms with van der Waals surface area (Å²) in [6.07, 6.45) is 0.557. The predicted octanol–water partition coefficient (Wildman–Crippen LogP) is 2.95. The number of carboxylic acids is 1. The van der Waals surface area contributed by atoms with Crippen LogP contribution in [-0.4, -0.2) is 38.6 Å². The maximum atomic E-state index is 11.4. The summed E-state index contributed by atoms with van der Waals surface area (Å²) in [6.45, 7) is 3.90. The van der Waals surface area contributed by atoms with E-state index in [1.54, 1.807) is 11.8 Å². The van der Waals surface area contributed by atoms with E-state index in [1.165, 1.54) is 0 Å². The first-order valence-corrected chi connectivity index (χ1v) is 8.07. The molecule has 0 spiro atoms. The molecule has 0 aliphatic rings. The molecule has 0 bridgehead atoms. The third-order valence-electron chi connectivity index (χ3n) is 3.11. The molecule has 0 radical (unpaired) electrons. The monoisotopic (exact) mass is 305 g/mol. The Morgan fingerprint density at radius 3 is 2.62 bits per heavy atom. The number of nitrogens with zero attached hydrogens (tertiary/aromatic N) is 2. The number of aromatic nitrogens is 2. The normalized spacial score (nSPS) is 12.3. The fourth-order valence-electron chi connectivity index (χ4n) is 1.99.